The van der Waals surface area contributed by atoms with Gasteiger partial charge in [-0.15, -0.1) is 5.10 Å². The number of thioether (sulfide) groups is 1. The predicted octanol–water partition coefficient (Wildman–Crippen LogP) is 4.82. The molecule has 158 valence electrons. The predicted molar refractivity (Wildman–Crippen MR) is 124 cm³/mol. The van der Waals surface area contributed by atoms with Gasteiger partial charge in [-0.05, 0) is 24.1 Å². The molecule has 0 atom stereocenters. The van der Waals surface area contributed by atoms with Crippen LogP contribution in [0.2, 0.25) is 5.02 Å². The van der Waals surface area contributed by atoms with Crippen molar-refractivity contribution in [3.05, 3.63) is 65.2 Å². The van der Waals surface area contributed by atoms with Gasteiger partial charge < -0.3 is 5.32 Å². The Bertz CT molecular complexity index is 1180. The van der Waals surface area contributed by atoms with Crippen molar-refractivity contribution in [1.29, 1.82) is 0 Å². The highest BCUT2D eigenvalue weighted by Crippen LogP contribution is 2.24. The molecule has 0 bridgehead atoms. The number of H-pyrrole nitrogens is 1. The number of carbonyl (C=O) groups excluding carboxylic acids is 1. The quantitative estimate of drug-likeness (QED) is 0.392. The van der Waals surface area contributed by atoms with Crippen molar-refractivity contribution >= 4 is 35.1 Å². The molecule has 2 aromatic carbocycles. The topological polar surface area (TPSA) is 88.5 Å². The standard InChI is InChI=1S/C22H21ClN6OS/c1-3-14-4-6-16(7-5-14)21-25-22(27-26-21)31-13-20(30)24-19-12-18(28-29(19)2)15-8-10-17(23)11-9-15/h4-12H,3,13H2,1-2H3,(H,24,30)(H,25,26,27). The molecule has 0 aliphatic carbocycles. The highest BCUT2D eigenvalue weighted by molar-refractivity contribution is 7.99. The molecule has 4 rings (SSSR count). The number of halogens is 1. The van der Waals surface area contributed by atoms with Crippen LogP contribution in [-0.2, 0) is 18.3 Å². The first-order valence-electron chi connectivity index (χ1n) is 9.76. The Balaban J connectivity index is 1.35. The number of anilines is 1. The van der Waals surface area contributed by atoms with E-state index >= 15 is 0 Å². The second-order valence-corrected chi connectivity index (χ2v) is 8.28. The van der Waals surface area contributed by atoms with Crippen molar-refractivity contribution in [3.63, 3.8) is 0 Å². The minimum atomic E-state index is -0.158. The average Bonchev–Trinajstić information content (AvgIpc) is 3.40. The lowest BCUT2D eigenvalue weighted by Gasteiger charge is -2.03. The van der Waals surface area contributed by atoms with Crippen LogP contribution in [0.15, 0.2) is 59.8 Å². The van der Waals surface area contributed by atoms with Gasteiger partial charge in [0.25, 0.3) is 0 Å². The summed E-state index contributed by atoms with van der Waals surface area (Å²) in [5.74, 6) is 1.33. The van der Waals surface area contributed by atoms with Crippen LogP contribution in [0.5, 0.6) is 0 Å². The molecule has 9 heteroatoms. The summed E-state index contributed by atoms with van der Waals surface area (Å²) in [5, 5.41) is 15.7. The Morgan fingerprint density at radius 1 is 1.13 bits per heavy atom. The van der Waals surface area contributed by atoms with Crippen molar-refractivity contribution in [1.82, 2.24) is 25.0 Å². The zero-order valence-electron chi connectivity index (χ0n) is 17.1. The molecule has 0 aliphatic heterocycles. The van der Waals surface area contributed by atoms with Crippen LogP contribution in [0.4, 0.5) is 5.82 Å². The summed E-state index contributed by atoms with van der Waals surface area (Å²) in [4.78, 5) is 16.9. The Morgan fingerprint density at radius 3 is 2.55 bits per heavy atom. The van der Waals surface area contributed by atoms with Gasteiger partial charge in [0.05, 0.1) is 11.4 Å². The van der Waals surface area contributed by atoms with Gasteiger partial charge >= 0.3 is 0 Å². The third-order valence-electron chi connectivity index (χ3n) is 4.72. The van der Waals surface area contributed by atoms with Crippen molar-refractivity contribution in [3.8, 4) is 22.6 Å². The van der Waals surface area contributed by atoms with E-state index in [1.165, 1.54) is 17.3 Å². The molecular formula is C22H21ClN6OS. The maximum absolute atomic E-state index is 12.4. The van der Waals surface area contributed by atoms with E-state index in [1.54, 1.807) is 11.7 Å². The highest BCUT2D eigenvalue weighted by atomic mass is 35.5. The Kier molecular flexibility index (Phi) is 6.39. The van der Waals surface area contributed by atoms with Gasteiger partial charge in [-0.1, -0.05) is 66.7 Å². The first-order valence-corrected chi connectivity index (χ1v) is 11.1. The van der Waals surface area contributed by atoms with Gasteiger partial charge in [0.2, 0.25) is 11.1 Å². The third-order valence-corrected chi connectivity index (χ3v) is 5.82. The summed E-state index contributed by atoms with van der Waals surface area (Å²) in [5.41, 5.74) is 3.92. The summed E-state index contributed by atoms with van der Waals surface area (Å²) < 4.78 is 1.64. The van der Waals surface area contributed by atoms with Crippen LogP contribution in [0.3, 0.4) is 0 Å². The molecule has 2 heterocycles. The molecule has 31 heavy (non-hydrogen) atoms. The molecule has 4 aromatic rings. The minimum Gasteiger partial charge on any atom is -0.310 e. The molecule has 2 N–H and O–H groups in total. The third kappa shape index (κ3) is 5.15. The number of amides is 1. The van der Waals surface area contributed by atoms with Gasteiger partial charge in [0, 0.05) is 29.3 Å². The summed E-state index contributed by atoms with van der Waals surface area (Å²) in [7, 11) is 1.79. The zero-order chi connectivity index (χ0) is 21.8. The maximum Gasteiger partial charge on any atom is 0.235 e. The SMILES string of the molecule is CCc1ccc(-c2nc(SCC(=O)Nc3cc(-c4ccc(Cl)cc4)nn3C)n[nH]2)cc1. The number of hydrogen-bond donors (Lipinski definition) is 2. The van der Waals surface area contributed by atoms with Crippen molar-refractivity contribution in [2.75, 3.05) is 11.1 Å². The van der Waals surface area contributed by atoms with Gasteiger partial charge in [0.1, 0.15) is 5.82 Å². The molecule has 0 spiro atoms. The molecule has 0 unspecified atom stereocenters. The molecule has 1 amide bonds. The van der Waals surface area contributed by atoms with E-state index in [9.17, 15) is 4.79 Å². The highest BCUT2D eigenvalue weighted by Gasteiger charge is 2.13. The first kappa shape index (κ1) is 21.1. The molecule has 0 saturated heterocycles. The molecular weight excluding hydrogens is 432 g/mol. The Hall–Kier alpha value is -3.10. The fraction of sp³-hybridized carbons (Fsp3) is 0.182. The number of carbonyl (C=O) groups is 1. The minimum absolute atomic E-state index is 0.158. The second kappa shape index (κ2) is 9.36. The van der Waals surface area contributed by atoms with Crippen LogP contribution < -0.4 is 5.32 Å². The molecule has 7 nitrogen and oxygen atoms in total. The Morgan fingerprint density at radius 2 is 1.84 bits per heavy atom. The number of nitrogens with zero attached hydrogens (tertiary/aromatic N) is 4. The lowest BCUT2D eigenvalue weighted by molar-refractivity contribution is -0.113. The largest absolute Gasteiger partial charge is 0.310 e. The smallest absolute Gasteiger partial charge is 0.235 e. The van der Waals surface area contributed by atoms with E-state index < -0.39 is 0 Å². The number of hydrogen-bond acceptors (Lipinski definition) is 5. The number of aromatic nitrogens is 5. The van der Waals surface area contributed by atoms with Crippen LogP contribution in [-0.4, -0.2) is 36.6 Å². The molecule has 0 aliphatic rings. The number of aryl methyl sites for hydroxylation is 2. The van der Waals surface area contributed by atoms with Gasteiger partial charge in [-0.3, -0.25) is 14.6 Å². The molecule has 0 fully saturated rings. The monoisotopic (exact) mass is 452 g/mol. The van der Waals surface area contributed by atoms with Gasteiger partial charge in [0.15, 0.2) is 5.82 Å². The molecule has 0 radical (unpaired) electrons. The number of aromatic amines is 1. The van der Waals surface area contributed by atoms with Crippen molar-refractivity contribution in [2.45, 2.75) is 18.5 Å². The summed E-state index contributed by atoms with van der Waals surface area (Å²) in [6.07, 6.45) is 0.991. The lowest BCUT2D eigenvalue weighted by atomic mass is 10.1. The fourth-order valence-electron chi connectivity index (χ4n) is 2.99. The van der Waals surface area contributed by atoms with Crippen molar-refractivity contribution < 1.29 is 4.79 Å². The van der Waals surface area contributed by atoms with Crippen LogP contribution in [0.25, 0.3) is 22.6 Å². The van der Waals surface area contributed by atoms with Gasteiger partial charge in [-0.25, -0.2) is 4.98 Å². The van der Waals surface area contributed by atoms with E-state index in [0.717, 1.165) is 23.2 Å². The van der Waals surface area contributed by atoms with Crippen molar-refractivity contribution in [2.24, 2.45) is 7.05 Å². The maximum atomic E-state index is 12.4. The normalized spacial score (nSPS) is 10.9. The fourth-order valence-corrected chi connectivity index (χ4v) is 3.72. The molecule has 0 saturated carbocycles. The zero-order valence-corrected chi connectivity index (χ0v) is 18.7. The van der Waals surface area contributed by atoms with Crippen LogP contribution in [0, 0.1) is 0 Å². The van der Waals surface area contributed by atoms with Crippen LogP contribution in [0.1, 0.15) is 12.5 Å². The number of nitrogens with one attached hydrogen (secondary N) is 2. The summed E-state index contributed by atoms with van der Waals surface area (Å²) >= 11 is 7.21. The van der Waals surface area contributed by atoms with Crippen LogP contribution >= 0.6 is 23.4 Å². The number of benzene rings is 2. The van der Waals surface area contributed by atoms with E-state index in [2.05, 4.69) is 44.7 Å². The average molecular weight is 453 g/mol. The summed E-state index contributed by atoms with van der Waals surface area (Å²) in [6, 6.07) is 17.4. The van der Waals surface area contributed by atoms with Gasteiger partial charge in [-0.2, -0.15) is 5.10 Å². The summed E-state index contributed by atoms with van der Waals surface area (Å²) in [6.45, 7) is 2.12. The first-order chi connectivity index (χ1) is 15.0. The van der Waals surface area contributed by atoms with E-state index in [4.69, 9.17) is 11.6 Å². The number of rotatable bonds is 7. The van der Waals surface area contributed by atoms with E-state index in [-0.39, 0.29) is 11.7 Å². The Labute approximate surface area is 189 Å². The second-order valence-electron chi connectivity index (χ2n) is 6.90. The lowest BCUT2D eigenvalue weighted by Crippen LogP contribution is -2.16. The van der Waals surface area contributed by atoms with E-state index in [0.29, 0.717) is 21.8 Å². The van der Waals surface area contributed by atoms with E-state index in [1.807, 2.05) is 42.5 Å². The molecule has 2 aromatic heterocycles.